The molecule has 0 saturated carbocycles. The van der Waals surface area contributed by atoms with Gasteiger partial charge in [0.1, 0.15) is 5.70 Å². The molecule has 172 valence electrons. The Morgan fingerprint density at radius 3 is 2.49 bits per heavy atom. The molecule has 0 spiro atoms. The standard InChI is InChI=1S/C28H21N3O4/c32-27(21-8-2-1-3-9-21)30-24(15-19-13-14-25-26(16-19)35-18-34-25)28(33)31-29-17-22-11-6-10-20-7-4-5-12-23(20)22/h1-17H,18H2,(H,30,32)(H,31,33). The second-order valence-corrected chi connectivity index (χ2v) is 7.76. The molecule has 5 rings (SSSR count). The van der Waals surface area contributed by atoms with E-state index in [1.165, 1.54) is 0 Å². The van der Waals surface area contributed by atoms with Crippen LogP contribution in [-0.2, 0) is 4.79 Å². The van der Waals surface area contributed by atoms with Crippen LogP contribution >= 0.6 is 0 Å². The zero-order valence-electron chi connectivity index (χ0n) is 18.6. The van der Waals surface area contributed by atoms with Crippen LogP contribution < -0.4 is 20.2 Å². The first-order valence-electron chi connectivity index (χ1n) is 11.0. The van der Waals surface area contributed by atoms with Gasteiger partial charge in [0.25, 0.3) is 11.8 Å². The molecule has 4 aromatic carbocycles. The molecule has 4 aromatic rings. The number of carbonyl (C=O) groups excluding carboxylic acids is 2. The molecule has 7 nitrogen and oxygen atoms in total. The topological polar surface area (TPSA) is 89.0 Å². The highest BCUT2D eigenvalue weighted by Crippen LogP contribution is 2.33. The van der Waals surface area contributed by atoms with Crippen LogP contribution in [0.1, 0.15) is 21.5 Å². The first-order chi connectivity index (χ1) is 17.2. The molecule has 2 amide bonds. The lowest BCUT2D eigenvalue weighted by atomic mass is 10.1. The number of hydrogen-bond acceptors (Lipinski definition) is 5. The van der Waals surface area contributed by atoms with Crippen LogP contribution in [0.3, 0.4) is 0 Å². The van der Waals surface area contributed by atoms with Crippen molar-refractivity contribution in [2.75, 3.05) is 6.79 Å². The lowest BCUT2D eigenvalue weighted by Crippen LogP contribution is -2.32. The summed E-state index contributed by atoms with van der Waals surface area (Å²) in [6, 6.07) is 27.7. The molecule has 1 aliphatic rings. The summed E-state index contributed by atoms with van der Waals surface area (Å²) < 4.78 is 10.8. The minimum Gasteiger partial charge on any atom is -0.454 e. The van der Waals surface area contributed by atoms with Gasteiger partial charge in [-0.2, -0.15) is 5.10 Å². The average molecular weight is 463 g/mol. The monoisotopic (exact) mass is 463 g/mol. The Kier molecular flexibility index (Phi) is 6.21. The molecule has 0 saturated heterocycles. The van der Waals surface area contributed by atoms with Crippen molar-refractivity contribution in [1.82, 2.24) is 10.7 Å². The van der Waals surface area contributed by atoms with Crippen molar-refractivity contribution < 1.29 is 19.1 Å². The number of amides is 2. The lowest BCUT2D eigenvalue weighted by molar-refractivity contribution is -0.117. The molecular weight excluding hydrogens is 442 g/mol. The predicted molar refractivity (Wildman–Crippen MR) is 134 cm³/mol. The Bertz CT molecular complexity index is 1460. The van der Waals surface area contributed by atoms with Gasteiger partial charge in [0, 0.05) is 11.1 Å². The number of nitrogens with zero attached hydrogens (tertiary/aromatic N) is 1. The summed E-state index contributed by atoms with van der Waals surface area (Å²) >= 11 is 0. The maximum Gasteiger partial charge on any atom is 0.287 e. The van der Waals surface area contributed by atoms with Crippen molar-refractivity contribution in [3.8, 4) is 11.5 Å². The molecule has 0 atom stereocenters. The molecule has 0 fully saturated rings. The van der Waals surface area contributed by atoms with Crippen molar-refractivity contribution in [2.45, 2.75) is 0 Å². The molecule has 0 bridgehead atoms. The van der Waals surface area contributed by atoms with Gasteiger partial charge in [0.05, 0.1) is 6.21 Å². The number of fused-ring (bicyclic) bond motifs is 2. The highest BCUT2D eigenvalue weighted by atomic mass is 16.7. The Morgan fingerprint density at radius 2 is 1.60 bits per heavy atom. The Morgan fingerprint density at radius 1 is 0.829 bits per heavy atom. The van der Waals surface area contributed by atoms with E-state index in [1.807, 2.05) is 48.5 Å². The third-order valence-corrected chi connectivity index (χ3v) is 5.43. The number of nitrogens with one attached hydrogen (secondary N) is 2. The maximum absolute atomic E-state index is 13.0. The van der Waals surface area contributed by atoms with Crippen molar-refractivity contribution in [3.63, 3.8) is 0 Å². The van der Waals surface area contributed by atoms with E-state index in [0.29, 0.717) is 22.6 Å². The SMILES string of the molecule is O=C(NN=Cc1cccc2ccccc12)C(=Cc1ccc2c(c1)OCO2)NC(=O)c1ccccc1. The van der Waals surface area contributed by atoms with Crippen LogP contribution in [0.2, 0.25) is 0 Å². The highest BCUT2D eigenvalue weighted by Gasteiger charge is 2.17. The van der Waals surface area contributed by atoms with E-state index in [2.05, 4.69) is 15.8 Å². The highest BCUT2D eigenvalue weighted by molar-refractivity contribution is 6.06. The third-order valence-electron chi connectivity index (χ3n) is 5.43. The molecule has 0 radical (unpaired) electrons. The molecule has 35 heavy (non-hydrogen) atoms. The van der Waals surface area contributed by atoms with E-state index in [0.717, 1.165) is 16.3 Å². The number of benzene rings is 4. The molecule has 0 unspecified atom stereocenters. The summed E-state index contributed by atoms with van der Waals surface area (Å²) in [5, 5.41) is 8.91. The molecule has 0 aliphatic carbocycles. The van der Waals surface area contributed by atoms with Crippen LogP contribution in [0.4, 0.5) is 0 Å². The van der Waals surface area contributed by atoms with Crippen LogP contribution in [0.25, 0.3) is 16.8 Å². The number of ether oxygens (including phenoxy) is 2. The van der Waals surface area contributed by atoms with E-state index < -0.39 is 11.8 Å². The Labute approximate surface area is 201 Å². The smallest absolute Gasteiger partial charge is 0.287 e. The van der Waals surface area contributed by atoms with E-state index in [4.69, 9.17) is 9.47 Å². The first-order valence-corrected chi connectivity index (χ1v) is 11.0. The van der Waals surface area contributed by atoms with E-state index in [9.17, 15) is 9.59 Å². The van der Waals surface area contributed by atoms with E-state index >= 15 is 0 Å². The van der Waals surface area contributed by atoms with Crippen molar-refractivity contribution in [2.24, 2.45) is 5.10 Å². The van der Waals surface area contributed by atoms with Gasteiger partial charge in [-0.15, -0.1) is 0 Å². The number of hydrazone groups is 1. The van der Waals surface area contributed by atoms with Gasteiger partial charge in [0.2, 0.25) is 6.79 Å². The van der Waals surface area contributed by atoms with Crippen molar-refractivity contribution >= 4 is 34.9 Å². The average Bonchev–Trinajstić information content (AvgIpc) is 3.37. The van der Waals surface area contributed by atoms with Crippen molar-refractivity contribution in [3.05, 3.63) is 113 Å². The first kappa shape index (κ1) is 21.9. The molecule has 0 aromatic heterocycles. The number of rotatable bonds is 6. The molecule has 1 aliphatic heterocycles. The van der Waals surface area contributed by atoms with Gasteiger partial charge in [-0.3, -0.25) is 9.59 Å². The van der Waals surface area contributed by atoms with Gasteiger partial charge in [-0.25, -0.2) is 5.43 Å². The summed E-state index contributed by atoms with van der Waals surface area (Å²) in [7, 11) is 0. The van der Waals surface area contributed by atoms with Gasteiger partial charge < -0.3 is 14.8 Å². The van der Waals surface area contributed by atoms with E-state index in [1.54, 1.807) is 54.8 Å². The minimum atomic E-state index is -0.566. The summed E-state index contributed by atoms with van der Waals surface area (Å²) in [4.78, 5) is 25.8. The largest absolute Gasteiger partial charge is 0.454 e. The molecule has 2 N–H and O–H groups in total. The quantitative estimate of drug-likeness (QED) is 0.251. The zero-order chi connectivity index (χ0) is 24.0. The Balaban J connectivity index is 1.39. The number of carbonyl (C=O) groups is 2. The number of hydrogen-bond donors (Lipinski definition) is 2. The fourth-order valence-electron chi connectivity index (χ4n) is 3.70. The van der Waals surface area contributed by atoms with Crippen LogP contribution in [0.15, 0.2) is 102 Å². The van der Waals surface area contributed by atoms with Crippen LogP contribution in [-0.4, -0.2) is 24.8 Å². The fourth-order valence-corrected chi connectivity index (χ4v) is 3.70. The summed E-state index contributed by atoms with van der Waals surface area (Å²) in [5.41, 5.74) is 4.50. The molecule has 1 heterocycles. The molecular formula is C28H21N3O4. The van der Waals surface area contributed by atoms with Gasteiger partial charge in [-0.05, 0) is 46.7 Å². The normalized spacial score (nSPS) is 12.6. The summed E-state index contributed by atoms with van der Waals surface area (Å²) in [6.45, 7) is 0.142. The summed E-state index contributed by atoms with van der Waals surface area (Å²) in [6.07, 6.45) is 3.14. The molecule has 7 heteroatoms. The minimum absolute atomic E-state index is 0.0350. The van der Waals surface area contributed by atoms with Crippen LogP contribution in [0, 0.1) is 0 Å². The fraction of sp³-hybridized carbons (Fsp3) is 0.0357. The third kappa shape index (κ3) is 5.04. The summed E-state index contributed by atoms with van der Waals surface area (Å²) in [5.74, 6) is 0.220. The maximum atomic E-state index is 13.0. The lowest BCUT2D eigenvalue weighted by Gasteiger charge is -2.09. The van der Waals surface area contributed by atoms with Crippen molar-refractivity contribution in [1.29, 1.82) is 0 Å². The second-order valence-electron chi connectivity index (χ2n) is 7.76. The van der Waals surface area contributed by atoms with Gasteiger partial charge in [-0.1, -0.05) is 66.7 Å². The van der Waals surface area contributed by atoms with Gasteiger partial charge >= 0.3 is 0 Å². The zero-order valence-corrected chi connectivity index (χ0v) is 18.6. The van der Waals surface area contributed by atoms with Gasteiger partial charge in [0.15, 0.2) is 11.5 Å². The van der Waals surface area contributed by atoms with Crippen LogP contribution in [0.5, 0.6) is 11.5 Å². The van der Waals surface area contributed by atoms with E-state index in [-0.39, 0.29) is 12.5 Å². The predicted octanol–water partition coefficient (Wildman–Crippen LogP) is 4.49. The Hall–Kier alpha value is -4.91. The second kappa shape index (κ2) is 9.93.